The second-order valence-electron chi connectivity index (χ2n) is 12.4. The summed E-state index contributed by atoms with van der Waals surface area (Å²) in [6.07, 6.45) is 5.52. The predicted molar refractivity (Wildman–Crippen MR) is 196 cm³/mol. The standard InChI is InChI=1S/C34H36Cl2N8O7S/c1-20-16-24(7-9-27(20)40-33-38-19-22-17-26(36)32(47)44(30(22)42-33)23-4-2-3-5-23)52(49,50)39-12-15-51-14-11-37-31(46)21-6-8-25(35)28(18-21)43-13-10-29(45)41-34(43)48/h6-9,16-19,23,39H,2-5,10-15H2,1H3,(H,37,46)(H,38,40,42)(H,41,45,48). The van der Waals surface area contributed by atoms with E-state index in [9.17, 15) is 27.6 Å². The highest BCUT2D eigenvalue weighted by Crippen LogP contribution is 2.32. The number of hydrogen-bond acceptors (Lipinski definition) is 10. The summed E-state index contributed by atoms with van der Waals surface area (Å²) in [6.45, 7) is 2.20. The first-order valence-electron chi connectivity index (χ1n) is 16.6. The smallest absolute Gasteiger partial charge is 0.328 e. The van der Waals surface area contributed by atoms with E-state index < -0.39 is 22.0 Å². The molecule has 0 unspecified atom stereocenters. The number of carbonyl (C=O) groups is 3. The van der Waals surface area contributed by atoms with Crippen molar-refractivity contribution in [3.05, 3.63) is 80.2 Å². The normalized spacial score (nSPS) is 15.2. The van der Waals surface area contributed by atoms with Crippen molar-refractivity contribution in [2.45, 2.75) is 50.0 Å². The lowest BCUT2D eigenvalue weighted by Gasteiger charge is -2.27. The van der Waals surface area contributed by atoms with Crippen molar-refractivity contribution < 1.29 is 27.5 Å². The van der Waals surface area contributed by atoms with Gasteiger partial charge in [0.1, 0.15) is 10.7 Å². The number of ether oxygens (including phenoxy) is 1. The number of nitrogens with one attached hydrogen (secondary N) is 4. The minimum atomic E-state index is -3.86. The first-order chi connectivity index (χ1) is 24.9. The molecule has 2 fully saturated rings. The van der Waals surface area contributed by atoms with Gasteiger partial charge in [0.05, 0.1) is 28.8 Å². The Bertz CT molecular complexity index is 2210. The van der Waals surface area contributed by atoms with Gasteiger partial charge < -0.3 is 15.4 Å². The monoisotopic (exact) mass is 770 g/mol. The van der Waals surface area contributed by atoms with Crippen LogP contribution in [0.4, 0.5) is 22.1 Å². The van der Waals surface area contributed by atoms with E-state index in [1.54, 1.807) is 29.8 Å². The van der Waals surface area contributed by atoms with Crippen molar-refractivity contribution in [2.75, 3.05) is 43.1 Å². The Kier molecular flexibility index (Phi) is 11.4. The van der Waals surface area contributed by atoms with Crippen LogP contribution in [0, 0.1) is 6.92 Å². The van der Waals surface area contributed by atoms with Gasteiger partial charge in [0.25, 0.3) is 11.5 Å². The molecule has 6 rings (SSSR count). The lowest BCUT2D eigenvalue weighted by Crippen LogP contribution is -2.49. The molecule has 4 N–H and O–H groups in total. The molecule has 2 aliphatic rings. The summed E-state index contributed by atoms with van der Waals surface area (Å²) in [7, 11) is -3.86. The molecule has 2 aromatic heterocycles. The van der Waals surface area contributed by atoms with Crippen molar-refractivity contribution in [3.63, 3.8) is 0 Å². The van der Waals surface area contributed by atoms with E-state index in [0.717, 1.165) is 25.7 Å². The second kappa shape index (κ2) is 16.0. The molecular weight excluding hydrogens is 735 g/mol. The van der Waals surface area contributed by atoms with Crippen LogP contribution in [-0.2, 0) is 19.6 Å². The fourth-order valence-corrected chi connectivity index (χ4v) is 7.67. The number of sulfonamides is 1. The van der Waals surface area contributed by atoms with Crippen LogP contribution in [0.5, 0.6) is 0 Å². The Morgan fingerprint density at radius 1 is 1.02 bits per heavy atom. The zero-order valence-corrected chi connectivity index (χ0v) is 30.4. The maximum absolute atomic E-state index is 13.0. The third-order valence-electron chi connectivity index (χ3n) is 8.80. The molecule has 1 aliphatic carbocycles. The Morgan fingerprint density at radius 2 is 1.79 bits per heavy atom. The molecule has 1 saturated carbocycles. The van der Waals surface area contributed by atoms with Crippen LogP contribution in [0.25, 0.3) is 11.0 Å². The van der Waals surface area contributed by atoms with Crippen molar-refractivity contribution in [2.24, 2.45) is 0 Å². The summed E-state index contributed by atoms with van der Waals surface area (Å²) in [5, 5.41) is 9.09. The zero-order chi connectivity index (χ0) is 37.0. The Labute approximate surface area is 309 Å². The van der Waals surface area contributed by atoms with Crippen molar-refractivity contribution in [3.8, 4) is 0 Å². The van der Waals surface area contributed by atoms with Gasteiger partial charge in [-0.05, 0) is 67.8 Å². The van der Waals surface area contributed by atoms with E-state index in [1.165, 1.54) is 35.2 Å². The highest BCUT2D eigenvalue weighted by atomic mass is 35.5. The molecule has 18 heteroatoms. The van der Waals surface area contributed by atoms with E-state index in [0.29, 0.717) is 28.0 Å². The minimum absolute atomic E-state index is 0.00603. The highest BCUT2D eigenvalue weighted by Gasteiger charge is 2.27. The van der Waals surface area contributed by atoms with Crippen LogP contribution < -0.4 is 31.1 Å². The van der Waals surface area contributed by atoms with Gasteiger partial charge >= 0.3 is 6.03 Å². The van der Waals surface area contributed by atoms with Gasteiger partial charge in [0.15, 0.2) is 0 Å². The summed E-state index contributed by atoms with van der Waals surface area (Å²) < 4.78 is 35.7. The number of imide groups is 1. The number of carbonyl (C=O) groups excluding carboxylic acids is 3. The molecular formula is C34H36Cl2N8O7S. The fraction of sp³-hybridized carbons (Fsp3) is 0.353. The SMILES string of the molecule is Cc1cc(S(=O)(=O)NCCOCCNC(=O)c2ccc(Cl)c(N3CCC(=O)NC3=O)c2)ccc1Nc1ncc2cc(Cl)c(=O)n(C3CCCC3)c2n1. The lowest BCUT2D eigenvalue weighted by molar-refractivity contribution is -0.120. The molecule has 1 saturated heterocycles. The number of pyridine rings is 1. The number of aromatic nitrogens is 3. The first kappa shape index (κ1) is 37.2. The van der Waals surface area contributed by atoms with Crippen LogP contribution in [0.2, 0.25) is 10.0 Å². The largest absolute Gasteiger partial charge is 0.378 e. The van der Waals surface area contributed by atoms with Gasteiger partial charge in [-0.25, -0.2) is 22.9 Å². The number of urea groups is 1. The van der Waals surface area contributed by atoms with E-state index >= 15 is 0 Å². The molecule has 4 amide bonds. The quantitative estimate of drug-likeness (QED) is 0.141. The van der Waals surface area contributed by atoms with Crippen molar-refractivity contribution in [1.82, 2.24) is 29.9 Å². The number of anilines is 3. The van der Waals surface area contributed by atoms with Gasteiger partial charge in [-0.3, -0.25) is 29.2 Å². The molecule has 0 spiro atoms. The number of halogens is 2. The number of hydrogen-bond donors (Lipinski definition) is 4. The summed E-state index contributed by atoms with van der Waals surface area (Å²) >= 11 is 12.5. The number of nitrogens with zero attached hydrogens (tertiary/aromatic N) is 4. The average molecular weight is 772 g/mol. The topological polar surface area (TPSA) is 194 Å². The van der Waals surface area contributed by atoms with Gasteiger partial charge in [0, 0.05) is 54.9 Å². The molecule has 52 heavy (non-hydrogen) atoms. The molecule has 0 bridgehead atoms. The maximum atomic E-state index is 13.0. The molecule has 0 radical (unpaired) electrons. The van der Waals surface area contributed by atoms with Crippen molar-refractivity contribution >= 4 is 79.4 Å². The van der Waals surface area contributed by atoms with Gasteiger partial charge in [-0.1, -0.05) is 36.0 Å². The Morgan fingerprint density at radius 3 is 2.54 bits per heavy atom. The third kappa shape index (κ3) is 8.37. The summed E-state index contributed by atoms with van der Waals surface area (Å²) in [5.41, 5.74) is 2.00. The van der Waals surface area contributed by atoms with Crippen LogP contribution in [-0.4, -0.2) is 73.6 Å². The minimum Gasteiger partial charge on any atom is -0.378 e. The summed E-state index contributed by atoms with van der Waals surface area (Å²) in [5.74, 6) is -0.550. The third-order valence-corrected chi connectivity index (χ3v) is 10.8. The molecule has 4 aromatic rings. The number of benzene rings is 2. The zero-order valence-electron chi connectivity index (χ0n) is 28.1. The van der Waals surface area contributed by atoms with E-state index in [4.69, 9.17) is 27.9 Å². The van der Waals surface area contributed by atoms with Crippen molar-refractivity contribution in [1.29, 1.82) is 0 Å². The first-order valence-corrected chi connectivity index (χ1v) is 18.9. The van der Waals surface area contributed by atoms with E-state index in [-0.39, 0.29) is 83.2 Å². The highest BCUT2D eigenvalue weighted by molar-refractivity contribution is 7.89. The van der Waals surface area contributed by atoms with E-state index in [2.05, 4.69) is 30.6 Å². The van der Waals surface area contributed by atoms with Crippen LogP contribution >= 0.6 is 23.2 Å². The Balaban J connectivity index is 0.983. The van der Waals surface area contributed by atoms with Crippen LogP contribution in [0.3, 0.4) is 0 Å². The predicted octanol–water partition coefficient (Wildman–Crippen LogP) is 4.44. The number of rotatable bonds is 13. The van der Waals surface area contributed by atoms with Gasteiger partial charge in [0.2, 0.25) is 21.9 Å². The average Bonchev–Trinajstić information content (AvgIpc) is 3.64. The molecule has 274 valence electrons. The molecule has 15 nitrogen and oxygen atoms in total. The number of amides is 4. The summed E-state index contributed by atoms with van der Waals surface area (Å²) in [6, 6.07) is 10.1. The lowest BCUT2D eigenvalue weighted by atomic mass is 10.1. The summed E-state index contributed by atoms with van der Waals surface area (Å²) in [4.78, 5) is 59.7. The Hall–Kier alpha value is -4.61. The molecule has 2 aromatic carbocycles. The van der Waals surface area contributed by atoms with Gasteiger partial charge in [-0.15, -0.1) is 0 Å². The molecule has 1 aliphatic heterocycles. The number of aryl methyl sites for hydroxylation is 1. The fourth-order valence-electron chi connectivity index (χ4n) is 6.14. The number of fused-ring (bicyclic) bond motifs is 1. The molecule has 0 atom stereocenters. The van der Waals surface area contributed by atoms with Crippen LogP contribution in [0.1, 0.15) is 54.1 Å². The van der Waals surface area contributed by atoms with Crippen LogP contribution in [0.15, 0.2) is 58.4 Å². The molecule has 3 heterocycles. The van der Waals surface area contributed by atoms with Gasteiger partial charge in [-0.2, -0.15) is 4.98 Å². The maximum Gasteiger partial charge on any atom is 0.328 e. The second-order valence-corrected chi connectivity index (χ2v) is 14.9. The van der Waals surface area contributed by atoms with E-state index in [1.807, 2.05) is 0 Å².